The van der Waals surface area contributed by atoms with Gasteiger partial charge in [0, 0.05) is 33.3 Å². The molecule has 0 aromatic carbocycles. The number of rotatable bonds is 3. The molecule has 2 rings (SSSR count). The van der Waals surface area contributed by atoms with Crippen LogP contribution in [0.5, 0.6) is 0 Å². The highest BCUT2D eigenvalue weighted by molar-refractivity contribution is 5.49. The molecule has 6 heteroatoms. The number of morpholine rings is 1. The first-order valence-corrected chi connectivity index (χ1v) is 5.67. The average molecular weight is 238 g/mol. The van der Waals surface area contributed by atoms with Crippen molar-refractivity contribution in [3.63, 3.8) is 0 Å². The first-order valence-electron chi connectivity index (χ1n) is 5.67. The second-order valence-corrected chi connectivity index (χ2v) is 4.25. The molecule has 1 N–H and O–H groups in total. The summed E-state index contributed by atoms with van der Waals surface area (Å²) in [6, 6.07) is 1.94. The van der Waals surface area contributed by atoms with E-state index in [1.165, 1.54) is 0 Å². The van der Waals surface area contributed by atoms with Crippen molar-refractivity contribution >= 4 is 11.6 Å². The molecule has 17 heavy (non-hydrogen) atoms. The van der Waals surface area contributed by atoms with Gasteiger partial charge >= 0.3 is 0 Å². The quantitative estimate of drug-likeness (QED) is 0.783. The van der Waals surface area contributed by atoms with Crippen LogP contribution >= 0.6 is 0 Å². The van der Waals surface area contributed by atoms with E-state index in [9.17, 15) is 0 Å². The molecule has 94 valence electrons. The second kappa shape index (κ2) is 5.29. The Labute approximate surface area is 101 Å². The molecule has 0 saturated carbocycles. The van der Waals surface area contributed by atoms with Crippen LogP contribution in [0.3, 0.4) is 0 Å². The van der Waals surface area contributed by atoms with E-state index in [0.717, 1.165) is 18.2 Å². The third-order valence-corrected chi connectivity index (χ3v) is 2.76. The maximum absolute atomic E-state index is 9.11. The average Bonchev–Trinajstić information content (AvgIpc) is 2.39. The van der Waals surface area contributed by atoms with Crippen molar-refractivity contribution in [1.29, 1.82) is 0 Å². The van der Waals surface area contributed by atoms with Gasteiger partial charge in [0.15, 0.2) is 0 Å². The zero-order valence-corrected chi connectivity index (χ0v) is 10.2. The van der Waals surface area contributed by atoms with Crippen LogP contribution in [0.4, 0.5) is 11.6 Å². The lowest BCUT2D eigenvalue weighted by atomic mass is 10.3. The highest BCUT2D eigenvalue weighted by atomic mass is 16.5. The third kappa shape index (κ3) is 2.83. The molecule has 0 aliphatic carbocycles. The molecular formula is C11H18N4O2. The molecule has 1 aliphatic heterocycles. The summed E-state index contributed by atoms with van der Waals surface area (Å²) in [4.78, 5) is 12.5. The topological polar surface area (TPSA) is 61.7 Å². The van der Waals surface area contributed by atoms with Crippen LogP contribution in [-0.2, 0) is 4.74 Å². The summed E-state index contributed by atoms with van der Waals surface area (Å²) in [6.45, 7) is 2.12. The zero-order chi connectivity index (χ0) is 12.3. The Morgan fingerprint density at radius 1 is 1.53 bits per heavy atom. The summed E-state index contributed by atoms with van der Waals surface area (Å²) in [5.41, 5.74) is 0. The molecule has 2 heterocycles. The Hall–Kier alpha value is -1.40. The number of aliphatic hydroxyl groups is 1. The Kier molecular flexibility index (Phi) is 3.75. The summed E-state index contributed by atoms with van der Waals surface area (Å²) in [6.07, 6.45) is 1.44. The first-order chi connectivity index (χ1) is 8.20. The first kappa shape index (κ1) is 12.1. The smallest absolute Gasteiger partial charge is 0.134 e. The highest BCUT2D eigenvalue weighted by Crippen LogP contribution is 2.18. The number of ether oxygens (including phenoxy) is 1. The molecule has 6 nitrogen and oxygen atoms in total. The fraction of sp³-hybridized carbons (Fsp3) is 0.636. The van der Waals surface area contributed by atoms with Gasteiger partial charge in [-0.1, -0.05) is 0 Å². The van der Waals surface area contributed by atoms with E-state index in [2.05, 4.69) is 14.9 Å². The molecular weight excluding hydrogens is 220 g/mol. The van der Waals surface area contributed by atoms with Crippen molar-refractivity contribution in [3.05, 3.63) is 12.4 Å². The van der Waals surface area contributed by atoms with Crippen molar-refractivity contribution < 1.29 is 9.84 Å². The lowest BCUT2D eigenvalue weighted by Crippen LogP contribution is -2.44. The minimum absolute atomic E-state index is 0.0438. The number of hydrogen-bond acceptors (Lipinski definition) is 6. The van der Waals surface area contributed by atoms with Gasteiger partial charge in [-0.15, -0.1) is 0 Å². The number of nitrogens with zero attached hydrogens (tertiary/aromatic N) is 4. The molecule has 1 unspecified atom stereocenters. The minimum Gasteiger partial charge on any atom is -0.394 e. The lowest BCUT2D eigenvalue weighted by molar-refractivity contribution is 0.00336. The van der Waals surface area contributed by atoms with Gasteiger partial charge in [0.1, 0.15) is 18.0 Å². The molecule has 1 aromatic rings. The van der Waals surface area contributed by atoms with Crippen LogP contribution in [0.15, 0.2) is 12.4 Å². The number of hydrogen-bond donors (Lipinski definition) is 1. The Morgan fingerprint density at radius 3 is 3.06 bits per heavy atom. The fourth-order valence-corrected chi connectivity index (χ4v) is 1.79. The molecule has 1 saturated heterocycles. The van der Waals surface area contributed by atoms with Gasteiger partial charge in [0.25, 0.3) is 0 Å². The molecule has 0 radical (unpaired) electrons. The van der Waals surface area contributed by atoms with Crippen molar-refractivity contribution in [1.82, 2.24) is 9.97 Å². The van der Waals surface area contributed by atoms with Crippen molar-refractivity contribution in [2.24, 2.45) is 0 Å². The molecule has 1 fully saturated rings. The van der Waals surface area contributed by atoms with Crippen molar-refractivity contribution in [3.8, 4) is 0 Å². The van der Waals surface area contributed by atoms with Crippen LogP contribution in [0.1, 0.15) is 0 Å². The van der Waals surface area contributed by atoms with Crippen LogP contribution in [-0.4, -0.2) is 61.6 Å². The molecule has 0 bridgehead atoms. The van der Waals surface area contributed by atoms with E-state index in [-0.39, 0.29) is 12.7 Å². The lowest BCUT2D eigenvalue weighted by Gasteiger charge is -2.33. The Morgan fingerprint density at radius 2 is 2.35 bits per heavy atom. The molecule has 1 aromatic heterocycles. The van der Waals surface area contributed by atoms with E-state index in [4.69, 9.17) is 9.84 Å². The standard InChI is InChI=1S/C11H18N4O2/c1-14(2)10-5-11(13-8-12-10)15-3-4-17-9(6-15)7-16/h5,8-9,16H,3-4,6-7H2,1-2H3. The van der Waals surface area contributed by atoms with Gasteiger partial charge in [-0.25, -0.2) is 9.97 Å². The van der Waals surface area contributed by atoms with Gasteiger partial charge in [-0.3, -0.25) is 0 Å². The Bertz CT molecular complexity index is 372. The summed E-state index contributed by atoms with van der Waals surface area (Å²) in [5.74, 6) is 1.76. The summed E-state index contributed by atoms with van der Waals surface area (Å²) in [7, 11) is 3.89. The van der Waals surface area contributed by atoms with Gasteiger partial charge in [0.05, 0.1) is 19.3 Å². The van der Waals surface area contributed by atoms with Crippen molar-refractivity contribution in [2.75, 3.05) is 50.2 Å². The van der Waals surface area contributed by atoms with Crippen LogP contribution in [0.25, 0.3) is 0 Å². The summed E-state index contributed by atoms with van der Waals surface area (Å²) in [5, 5.41) is 9.11. The minimum atomic E-state index is -0.124. The van der Waals surface area contributed by atoms with E-state index in [1.54, 1.807) is 6.33 Å². The molecule has 1 aliphatic rings. The Balaban J connectivity index is 2.13. The van der Waals surface area contributed by atoms with Gasteiger partial charge < -0.3 is 19.6 Å². The summed E-state index contributed by atoms with van der Waals surface area (Å²) < 4.78 is 5.41. The van der Waals surface area contributed by atoms with E-state index >= 15 is 0 Å². The zero-order valence-electron chi connectivity index (χ0n) is 10.2. The van der Waals surface area contributed by atoms with Crippen LogP contribution < -0.4 is 9.80 Å². The number of aromatic nitrogens is 2. The predicted octanol–water partition coefficient (Wildman–Crippen LogP) is -0.260. The maximum atomic E-state index is 9.11. The normalized spacial score (nSPS) is 20.4. The fourth-order valence-electron chi connectivity index (χ4n) is 1.79. The van der Waals surface area contributed by atoms with E-state index in [0.29, 0.717) is 13.2 Å². The summed E-state index contributed by atoms with van der Waals surface area (Å²) >= 11 is 0. The van der Waals surface area contributed by atoms with E-state index in [1.807, 2.05) is 25.1 Å². The van der Waals surface area contributed by atoms with E-state index < -0.39 is 0 Å². The molecule has 1 atom stereocenters. The molecule has 0 amide bonds. The monoisotopic (exact) mass is 238 g/mol. The second-order valence-electron chi connectivity index (χ2n) is 4.25. The van der Waals surface area contributed by atoms with Crippen LogP contribution in [0, 0.1) is 0 Å². The maximum Gasteiger partial charge on any atom is 0.134 e. The van der Waals surface area contributed by atoms with Crippen LogP contribution in [0.2, 0.25) is 0 Å². The highest BCUT2D eigenvalue weighted by Gasteiger charge is 2.21. The third-order valence-electron chi connectivity index (χ3n) is 2.76. The largest absolute Gasteiger partial charge is 0.394 e. The van der Waals surface area contributed by atoms with Gasteiger partial charge in [0.2, 0.25) is 0 Å². The van der Waals surface area contributed by atoms with Crippen molar-refractivity contribution in [2.45, 2.75) is 6.10 Å². The molecule has 0 spiro atoms. The SMILES string of the molecule is CN(C)c1cc(N2CCOC(CO)C2)ncn1. The number of anilines is 2. The predicted molar refractivity (Wildman–Crippen MR) is 65.4 cm³/mol. The van der Waals surface area contributed by atoms with Gasteiger partial charge in [-0.05, 0) is 0 Å². The number of aliphatic hydroxyl groups excluding tert-OH is 1. The van der Waals surface area contributed by atoms with Gasteiger partial charge in [-0.2, -0.15) is 0 Å².